The fourth-order valence-corrected chi connectivity index (χ4v) is 2.61. The van der Waals surface area contributed by atoms with E-state index in [1.165, 1.54) is 0 Å². The van der Waals surface area contributed by atoms with Crippen molar-refractivity contribution in [1.29, 1.82) is 0 Å². The molecule has 0 aliphatic rings. The highest BCUT2D eigenvalue weighted by molar-refractivity contribution is 9.10. The summed E-state index contributed by atoms with van der Waals surface area (Å²) in [6, 6.07) is 9.87. The second-order valence-corrected chi connectivity index (χ2v) is 6.08. The van der Waals surface area contributed by atoms with E-state index in [0.29, 0.717) is 6.54 Å². The van der Waals surface area contributed by atoms with E-state index in [4.69, 9.17) is 10.5 Å². The molecular weight excluding hydrogens is 370 g/mol. The third-order valence-corrected chi connectivity index (χ3v) is 4.88. The summed E-state index contributed by atoms with van der Waals surface area (Å²) in [5.41, 5.74) is 9.02. The second kappa shape index (κ2) is 6.07. The van der Waals surface area contributed by atoms with Crippen LogP contribution in [0.4, 0.5) is 0 Å². The Kier molecular flexibility index (Phi) is 4.66. The van der Waals surface area contributed by atoms with Gasteiger partial charge in [0.2, 0.25) is 0 Å². The van der Waals surface area contributed by atoms with Gasteiger partial charge in [0, 0.05) is 15.5 Å². The van der Waals surface area contributed by atoms with Crippen LogP contribution < -0.4 is 10.5 Å². The highest BCUT2D eigenvalue weighted by Gasteiger charge is 2.06. The van der Waals surface area contributed by atoms with Crippen LogP contribution in [0.5, 0.6) is 11.5 Å². The molecule has 0 aromatic heterocycles. The molecule has 0 amide bonds. The molecule has 0 radical (unpaired) electrons. The van der Waals surface area contributed by atoms with Crippen LogP contribution in [-0.4, -0.2) is 0 Å². The highest BCUT2D eigenvalue weighted by Crippen LogP contribution is 2.31. The Balaban J connectivity index is 2.29. The highest BCUT2D eigenvalue weighted by atomic mass is 79.9. The monoisotopic (exact) mass is 383 g/mol. The van der Waals surface area contributed by atoms with E-state index in [1.807, 2.05) is 30.3 Å². The summed E-state index contributed by atoms with van der Waals surface area (Å²) < 4.78 is 7.98. The van der Waals surface area contributed by atoms with Crippen LogP contribution in [0, 0.1) is 13.8 Å². The Hall–Kier alpha value is -0.840. The molecule has 0 atom stereocenters. The minimum atomic E-state index is 0.511. The van der Waals surface area contributed by atoms with Crippen molar-refractivity contribution in [3.63, 3.8) is 0 Å². The predicted molar refractivity (Wildman–Crippen MR) is 85.7 cm³/mol. The summed E-state index contributed by atoms with van der Waals surface area (Å²) >= 11 is 7.05. The first kappa shape index (κ1) is 14.6. The zero-order valence-corrected chi connectivity index (χ0v) is 14.0. The number of nitrogens with two attached hydrogens (primary N) is 1. The number of rotatable bonds is 3. The molecule has 4 heteroatoms. The fourth-order valence-electron chi connectivity index (χ4n) is 1.86. The average Bonchev–Trinajstić information content (AvgIpc) is 2.36. The molecule has 0 heterocycles. The number of ether oxygens (including phenoxy) is 1. The van der Waals surface area contributed by atoms with E-state index in [-0.39, 0.29) is 0 Å². The SMILES string of the molecule is Cc1cc(Oc2ccc(CN)c(Br)c2)cc(C)c1Br. The van der Waals surface area contributed by atoms with Gasteiger partial charge in [-0.2, -0.15) is 0 Å². The van der Waals surface area contributed by atoms with E-state index < -0.39 is 0 Å². The normalized spacial score (nSPS) is 10.6. The number of benzene rings is 2. The molecule has 0 bridgehead atoms. The molecule has 0 aliphatic carbocycles. The number of aryl methyl sites for hydroxylation is 2. The van der Waals surface area contributed by atoms with Crippen molar-refractivity contribution in [3.05, 3.63) is 56.0 Å². The van der Waals surface area contributed by atoms with Gasteiger partial charge in [0.25, 0.3) is 0 Å². The van der Waals surface area contributed by atoms with Crippen molar-refractivity contribution in [2.24, 2.45) is 5.73 Å². The Morgan fingerprint density at radius 3 is 2.16 bits per heavy atom. The van der Waals surface area contributed by atoms with Crippen LogP contribution >= 0.6 is 31.9 Å². The lowest BCUT2D eigenvalue weighted by atomic mass is 10.1. The van der Waals surface area contributed by atoms with E-state index in [1.54, 1.807) is 0 Å². The Labute approximate surface area is 130 Å². The fraction of sp³-hybridized carbons (Fsp3) is 0.200. The van der Waals surface area contributed by atoms with Crippen LogP contribution in [0.25, 0.3) is 0 Å². The lowest BCUT2D eigenvalue weighted by Crippen LogP contribution is -1.97. The summed E-state index contributed by atoms with van der Waals surface area (Å²) in [5.74, 6) is 1.63. The molecule has 2 nitrogen and oxygen atoms in total. The third-order valence-electron chi connectivity index (χ3n) is 2.89. The minimum Gasteiger partial charge on any atom is -0.457 e. The summed E-state index contributed by atoms with van der Waals surface area (Å²) in [6.07, 6.45) is 0. The topological polar surface area (TPSA) is 35.2 Å². The maximum atomic E-state index is 5.88. The molecule has 2 aromatic rings. The van der Waals surface area contributed by atoms with Crippen LogP contribution in [0.15, 0.2) is 39.3 Å². The van der Waals surface area contributed by atoms with Gasteiger partial charge in [0.15, 0.2) is 0 Å². The second-order valence-electron chi connectivity index (χ2n) is 4.43. The van der Waals surface area contributed by atoms with Crippen molar-refractivity contribution in [2.75, 3.05) is 0 Å². The zero-order chi connectivity index (χ0) is 14.0. The molecule has 0 fully saturated rings. The van der Waals surface area contributed by atoms with Crippen LogP contribution in [-0.2, 0) is 6.54 Å². The van der Waals surface area contributed by atoms with Crippen molar-refractivity contribution in [1.82, 2.24) is 0 Å². The Morgan fingerprint density at radius 1 is 1.00 bits per heavy atom. The first-order valence-electron chi connectivity index (χ1n) is 5.94. The molecular formula is C15H15Br2NO. The van der Waals surface area contributed by atoms with Gasteiger partial charge in [-0.25, -0.2) is 0 Å². The van der Waals surface area contributed by atoms with Crippen molar-refractivity contribution in [2.45, 2.75) is 20.4 Å². The summed E-state index contributed by atoms with van der Waals surface area (Å²) in [7, 11) is 0. The molecule has 19 heavy (non-hydrogen) atoms. The van der Waals surface area contributed by atoms with Crippen molar-refractivity contribution < 1.29 is 4.74 Å². The van der Waals surface area contributed by atoms with Gasteiger partial charge in [0.05, 0.1) is 0 Å². The molecule has 2 N–H and O–H groups in total. The molecule has 100 valence electrons. The molecule has 0 aliphatic heterocycles. The predicted octanol–water partition coefficient (Wildman–Crippen LogP) is 5.08. The van der Waals surface area contributed by atoms with E-state index in [9.17, 15) is 0 Å². The molecule has 2 rings (SSSR count). The smallest absolute Gasteiger partial charge is 0.128 e. The number of hydrogen-bond acceptors (Lipinski definition) is 2. The number of halogens is 2. The van der Waals surface area contributed by atoms with Gasteiger partial charge in [0.1, 0.15) is 11.5 Å². The van der Waals surface area contributed by atoms with E-state index in [0.717, 1.165) is 37.1 Å². The lowest BCUT2D eigenvalue weighted by Gasteiger charge is -2.11. The maximum absolute atomic E-state index is 5.88. The minimum absolute atomic E-state index is 0.511. The number of hydrogen-bond donors (Lipinski definition) is 1. The van der Waals surface area contributed by atoms with Gasteiger partial charge in [-0.15, -0.1) is 0 Å². The summed E-state index contributed by atoms with van der Waals surface area (Å²) in [4.78, 5) is 0. The van der Waals surface area contributed by atoms with Gasteiger partial charge in [-0.3, -0.25) is 0 Å². The van der Waals surface area contributed by atoms with Crippen molar-refractivity contribution in [3.8, 4) is 11.5 Å². The van der Waals surface area contributed by atoms with Gasteiger partial charge >= 0.3 is 0 Å². The summed E-state index contributed by atoms with van der Waals surface area (Å²) in [6.45, 7) is 4.62. The van der Waals surface area contributed by atoms with Crippen molar-refractivity contribution >= 4 is 31.9 Å². The molecule has 0 unspecified atom stereocenters. The first-order valence-corrected chi connectivity index (χ1v) is 7.53. The zero-order valence-electron chi connectivity index (χ0n) is 10.8. The Morgan fingerprint density at radius 2 is 1.63 bits per heavy atom. The van der Waals surface area contributed by atoms with Crippen LogP contribution in [0.2, 0.25) is 0 Å². The van der Waals surface area contributed by atoms with Crippen LogP contribution in [0.1, 0.15) is 16.7 Å². The molecule has 2 aromatic carbocycles. The van der Waals surface area contributed by atoms with Gasteiger partial charge in [-0.1, -0.05) is 37.9 Å². The molecule has 0 saturated heterocycles. The standard InChI is InChI=1S/C15H15Br2NO/c1-9-5-13(6-10(2)15(9)17)19-12-4-3-11(8-18)14(16)7-12/h3-7H,8,18H2,1-2H3. The quantitative estimate of drug-likeness (QED) is 0.800. The summed E-state index contributed by atoms with van der Waals surface area (Å²) in [5, 5.41) is 0. The van der Waals surface area contributed by atoms with Gasteiger partial charge < -0.3 is 10.5 Å². The van der Waals surface area contributed by atoms with E-state index >= 15 is 0 Å². The Bertz CT molecular complexity index is 588. The first-order chi connectivity index (χ1) is 9.01. The molecule has 0 saturated carbocycles. The third kappa shape index (κ3) is 3.38. The average molecular weight is 385 g/mol. The lowest BCUT2D eigenvalue weighted by molar-refractivity contribution is 0.481. The largest absolute Gasteiger partial charge is 0.457 e. The van der Waals surface area contributed by atoms with Crippen LogP contribution in [0.3, 0.4) is 0 Å². The van der Waals surface area contributed by atoms with E-state index in [2.05, 4.69) is 45.7 Å². The molecule has 0 spiro atoms. The van der Waals surface area contributed by atoms with Gasteiger partial charge in [-0.05, 0) is 54.8 Å². The maximum Gasteiger partial charge on any atom is 0.128 e.